The number of anilines is 1. The predicted molar refractivity (Wildman–Crippen MR) is 70.3 cm³/mol. The van der Waals surface area contributed by atoms with E-state index in [-0.39, 0.29) is 5.75 Å². The molecule has 0 aromatic carbocycles. The number of nitrogens with two attached hydrogens (primary N) is 1. The minimum atomic E-state index is -0.875. The van der Waals surface area contributed by atoms with Crippen molar-refractivity contribution in [1.82, 2.24) is 14.8 Å². The molecule has 6 nitrogen and oxygen atoms in total. The highest BCUT2D eigenvalue weighted by atomic mass is 32.2. The van der Waals surface area contributed by atoms with Gasteiger partial charge in [0.15, 0.2) is 5.16 Å². The Morgan fingerprint density at radius 2 is 2.29 bits per heavy atom. The summed E-state index contributed by atoms with van der Waals surface area (Å²) in [5.41, 5.74) is 5.71. The van der Waals surface area contributed by atoms with Crippen LogP contribution >= 0.6 is 23.5 Å². The van der Waals surface area contributed by atoms with E-state index in [1.54, 1.807) is 16.3 Å². The van der Waals surface area contributed by atoms with Crippen LogP contribution in [0.1, 0.15) is 6.92 Å². The first-order valence-corrected chi connectivity index (χ1v) is 7.44. The van der Waals surface area contributed by atoms with E-state index in [0.717, 1.165) is 17.5 Å². The van der Waals surface area contributed by atoms with Crippen LogP contribution in [0.25, 0.3) is 0 Å². The topological polar surface area (TPSA) is 94.0 Å². The van der Waals surface area contributed by atoms with Gasteiger partial charge >= 0.3 is 5.97 Å². The highest BCUT2D eigenvalue weighted by Crippen LogP contribution is 2.20. The number of carbonyl (C=O) groups is 1. The van der Waals surface area contributed by atoms with Gasteiger partial charge < -0.3 is 10.8 Å². The molecule has 0 aliphatic rings. The minimum absolute atomic E-state index is 0.0327. The van der Waals surface area contributed by atoms with Gasteiger partial charge in [0.25, 0.3) is 0 Å². The summed E-state index contributed by atoms with van der Waals surface area (Å²) in [4.78, 5) is 10.5. The van der Waals surface area contributed by atoms with Gasteiger partial charge in [-0.1, -0.05) is 18.7 Å². The maximum absolute atomic E-state index is 10.5. The molecule has 1 aromatic rings. The van der Waals surface area contributed by atoms with Crippen LogP contribution in [0.2, 0.25) is 0 Å². The Bertz CT molecular complexity index is 383. The normalized spacial score (nSPS) is 12.6. The average Bonchev–Trinajstić information content (AvgIpc) is 2.58. The van der Waals surface area contributed by atoms with Gasteiger partial charge in [0.1, 0.15) is 0 Å². The van der Waals surface area contributed by atoms with Gasteiger partial charge in [-0.25, -0.2) is 0 Å². The summed E-state index contributed by atoms with van der Waals surface area (Å²) in [6, 6.07) is 0. The first-order chi connectivity index (χ1) is 8.04. The van der Waals surface area contributed by atoms with Crippen LogP contribution < -0.4 is 5.73 Å². The summed E-state index contributed by atoms with van der Waals surface area (Å²) >= 11 is 2.90. The number of aliphatic carboxylic acids is 1. The highest BCUT2D eigenvalue weighted by Gasteiger charge is 2.14. The molecule has 3 N–H and O–H groups in total. The highest BCUT2D eigenvalue weighted by molar-refractivity contribution is 7.99. The third kappa shape index (κ3) is 4.47. The fourth-order valence-corrected chi connectivity index (χ4v) is 2.70. The molecule has 1 atom stereocenters. The number of thioether (sulfide) groups is 2. The summed E-state index contributed by atoms with van der Waals surface area (Å²) in [6.07, 6.45) is 2.05. The van der Waals surface area contributed by atoms with E-state index in [4.69, 9.17) is 10.8 Å². The predicted octanol–water partition coefficient (Wildman–Crippen LogP) is 1.04. The van der Waals surface area contributed by atoms with Gasteiger partial charge in [-0.2, -0.15) is 11.8 Å². The lowest BCUT2D eigenvalue weighted by atomic mass is 10.2. The molecule has 1 rings (SSSR count). The van der Waals surface area contributed by atoms with Gasteiger partial charge in [-0.3, -0.25) is 9.36 Å². The zero-order valence-corrected chi connectivity index (χ0v) is 11.4. The van der Waals surface area contributed by atoms with Gasteiger partial charge in [0, 0.05) is 6.54 Å². The molecule has 0 radical (unpaired) electrons. The second kappa shape index (κ2) is 6.75. The number of nitrogen functional groups attached to an aromatic ring is 1. The number of rotatable bonds is 7. The quantitative estimate of drug-likeness (QED) is 0.718. The molecule has 0 bridgehead atoms. The van der Waals surface area contributed by atoms with E-state index in [9.17, 15) is 4.79 Å². The lowest BCUT2D eigenvalue weighted by Crippen LogP contribution is -2.13. The van der Waals surface area contributed by atoms with Crippen molar-refractivity contribution in [3.05, 3.63) is 0 Å². The Morgan fingerprint density at radius 3 is 2.88 bits per heavy atom. The molecular weight excluding hydrogens is 260 g/mol. The van der Waals surface area contributed by atoms with Crippen LogP contribution in [0.5, 0.6) is 0 Å². The van der Waals surface area contributed by atoms with Gasteiger partial charge in [-0.05, 0) is 17.9 Å². The fourth-order valence-electron chi connectivity index (χ4n) is 1.35. The van der Waals surface area contributed by atoms with E-state index in [0.29, 0.717) is 23.6 Å². The largest absolute Gasteiger partial charge is 0.481 e. The lowest BCUT2D eigenvalue weighted by Gasteiger charge is -2.12. The van der Waals surface area contributed by atoms with E-state index >= 15 is 0 Å². The first kappa shape index (κ1) is 14.2. The number of aromatic nitrogens is 3. The zero-order chi connectivity index (χ0) is 12.8. The number of carboxylic acids is 1. The van der Waals surface area contributed by atoms with Crippen molar-refractivity contribution in [2.75, 3.05) is 23.5 Å². The Morgan fingerprint density at radius 1 is 1.59 bits per heavy atom. The summed E-state index contributed by atoms with van der Waals surface area (Å²) < 4.78 is 1.77. The van der Waals surface area contributed by atoms with Crippen molar-refractivity contribution in [3.8, 4) is 0 Å². The monoisotopic (exact) mass is 276 g/mol. The maximum Gasteiger partial charge on any atom is 0.313 e. The summed E-state index contributed by atoms with van der Waals surface area (Å²) in [5.74, 6) is 0.883. The van der Waals surface area contributed by atoms with Crippen molar-refractivity contribution in [3.63, 3.8) is 0 Å². The molecular formula is C9H16N4O2S2. The molecule has 0 fully saturated rings. The van der Waals surface area contributed by atoms with Crippen LogP contribution in [0.3, 0.4) is 0 Å². The number of carboxylic acid groups (broad SMARTS) is 1. The first-order valence-electron chi connectivity index (χ1n) is 5.06. The lowest BCUT2D eigenvalue weighted by molar-refractivity contribution is -0.133. The summed E-state index contributed by atoms with van der Waals surface area (Å²) in [6.45, 7) is 2.82. The molecule has 0 amide bonds. The Hall–Kier alpha value is -0.890. The van der Waals surface area contributed by atoms with Gasteiger partial charge in [0.05, 0.1) is 5.75 Å². The number of nitrogens with zero attached hydrogens (tertiary/aromatic N) is 3. The van der Waals surface area contributed by atoms with Crippen LogP contribution in [0.4, 0.5) is 5.95 Å². The molecule has 0 spiro atoms. The zero-order valence-electron chi connectivity index (χ0n) is 9.79. The number of hydrogen-bond donors (Lipinski definition) is 2. The third-order valence-electron chi connectivity index (χ3n) is 2.02. The second-order valence-electron chi connectivity index (χ2n) is 3.69. The molecule has 96 valence electrons. The van der Waals surface area contributed by atoms with Crippen molar-refractivity contribution < 1.29 is 9.90 Å². The van der Waals surface area contributed by atoms with Crippen LogP contribution in [0.15, 0.2) is 5.16 Å². The molecule has 0 saturated heterocycles. The SMILES string of the molecule is CSCC(C)Cn1c(N)nnc1SCC(=O)O. The molecule has 1 aromatic heterocycles. The minimum Gasteiger partial charge on any atom is -0.481 e. The molecule has 0 aliphatic heterocycles. The van der Waals surface area contributed by atoms with Gasteiger partial charge in [0.2, 0.25) is 5.95 Å². The Balaban J connectivity index is 2.68. The van der Waals surface area contributed by atoms with Crippen LogP contribution in [0, 0.1) is 5.92 Å². The smallest absolute Gasteiger partial charge is 0.313 e. The molecule has 0 aliphatic carbocycles. The van der Waals surface area contributed by atoms with Crippen molar-refractivity contribution in [1.29, 1.82) is 0 Å². The van der Waals surface area contributed by atoms with E-state index in [1.807, 2.05) is 6.26 Å². The molecule has 8 heteroatoms. The summed E-state index contributed by atoms with van der Waals surface area (Å²) in [5, 5.41) is 16.9. The van der Waals surface area contributed by atoms with Crippen molar-refractivity contribution in [2.45, 2.75) is 18.6 Å². The van der Waals surface area contributed by atoms with Crippen molar-refractivity contribution in [2.24, 2.45) is 5.92 Å². The van der Waals surface area contributed by atoms with Crippen molar-refractivity contribution >= 4 is 35.4 Å². The maximum atomic E-state index is 10.5. The molecule has 1 unspecified atom stereocenters. The Labute approximate surface area is 108 Å². The molecule has 17 heavy (non-hydrogen) atoms. The van der Waals surface area contributed by atoms with E-state index in [1.165, 1.54) is 0 Å². The molecule has 1 heterocycles. The average molecular weight is 276 g/mol. The second-order valence-corrected chi connectivity index (χ2v) is 5.55. The number of hydrogen-bond acceptors (Lipinski definition) is 6. The standard InChI is InChI=1S/C9H16N4O2S2/c1-6(4-16-2)3-13-8(10)11-12-9(13)17-5-7(14)15/h6H,3-5H2,1-2H3,(H2,10,11)(H,14,15). The van der Waals surface area contributed by atoms with E-state index in [2.05, 4.69) is 17.1 Å². The Kier molecular flexibility index (Phi) is 5.63. The third-order valence-corrected chi connectivity index (χ3v) is 3.87. The van der Waals surface area contributed by atoms with Crippen LogP contribution in [-0.4, -0.2) is 43.6 Å². The van der Waals surface area contributed by atoms with Gasteiger partial charge in [-0.15, -0.1) is 10.2 Å². The van der Waals surface area contributed by atoms with E-state index < -0.39 is 5.97 Å². The fraction of sp³-hybridized carbons (Fsp3) is 0.667. The van der Waals surface area contributed by atoms with Crippen LogP contribution in [-0.2, 0) is 11.3 Å². The molecule has 0 saturated carbocycles. The summed E-state index contributed by atoms with van der Waals surface area (Å²) in [7, 11) is 0.